The maximum absolute atomic E-state index is 6.19. The summed E-state index contributed by atoms with van der Waals surface area (Å²) in [6.45, 7) is 1.93. The van der Waals surface area contributed by atoms with E-state index in [0.717, 1.165) is 40.9 Å². The summed E-state index contributed by atoms with van der Waals surface area (Å²) in [5.41, 5.74) is 2.00. The largest absolute Gasteiger partial charge is 0.329 e. The Labute approximate surface area is 106 Å². The van der Waals surface area contributed by atoms with Gasteiger partial charge in [-0.25, -0.2) is 4.98 Å². The number of halogens is 1. The number of nitrogens with one attached hydrogen (secondary N) is 1. The number of fused-ring (bicyclic) bond motifs is 1. The molecule has 0 spiro atoms. The van der Waals surface area contributed by atoms with Gasteiger partial charge < -0.3 is 9.88 Å². The highest BCUT2D eigenvalue weighted by Gasteiger charge is 2.20. The number of benzene rings is 1. The highest BCUT2D eigenvalue weighted by molar-refractivity contribution is 6.35. The molecule has 1 aliphatic carbocycles. The molecule has 1 aliphatic rings. The van der Waals surface area contributed by atoms with Crippen LogP contribution in [0.15, 0.2) is 18.2 Å². The average Bonchev–Trinajstić information content (AvgIpc) is 3.06. The van der Waals surface area contributed by atoms with Crippen LogP contribution in [0.5, 0.6) is 0 Å². The number of aryl methyl sites for hydroxylation is 1. The first kappa shape index (κ1) is 11.1. The third-order valence-electron chi connectivity index (χ3n) is 3.35. The second-order valence-corrected chi connectivity index (χ2v) is 5.18. The molecule has 3 rings (SSSR count). The molecule has 1 N–H and O–H groups in total. The smallest absolute Gasteiger partial charge is 0.123 e. The first-order chi connectivity index (χ1) is 8.25. The minimum atomic E-state index is 0.769. The summed E-state index contributed by atoms with van der Waals surface area (Å²) in [6.07, 6.45) is 2.75. The Bertz CT molecular complexity index is 543. The van der Waals surface area contributed by atoms with Crippen LogP contribution in [-0.2, 0) is 13.6 Å². The van der Waals surface area contributed by atoms with Crippen molar-refractivity contribution in [3.63, 3.8) is 0 Å². The molecule has 1 heterocycles. The summed E-state index contributed by atoms with van der Waals surface area (Å²) in [5, 5.41) is 4.23. The van der Waals surface area contributed by atoms with Crippen molar-refractivity contribution in [1.29, 1.82) is 0 Å². The number of nitrogens with zero attached hydrogens (tertiary/aromatic N) is 2. The summed E-state index contributed by atoms with van der Waals surface area (Å²) in [4.78, 5) is 4.61. The zero-order chi connectivity index (χ0) is 11.8. The van der Waals surface area contributed by atoms with Gasteiger partial charge in [0.05, 0.1) is 22.6 Å². The van der Waals surface area contributed by atoms with Crippen LogP contribution in [0, 0.1) is 5.92 Å². The Morgan fingerprint density at radius 1 is 1.47 bits per heavy atom. The van der Waals surface area contributed by atoms with Gasteiger partial charge >= 0.3 is 0 Å². The Kier molecular flexibility index (Phi) is 2.81. The SMILES string of the molecule is Cn1c(CNCC2CC2)nc2cccc(Cl)c21. The van der Waals surface area contributed by atoms with E-state index in [1.807, 2.05) is 25.2 Å². The van der Waals surface area contributed by atoms with Crippen molar-refractivity contribution < 1.29 is 0 Å². The molecule has 0 radical (unpaired) electrons. The van der Waals surface area contributed by atoms with E-state index in [4.69, 9.17) is 11.6 Å². The van der Waals surface area contributed by atoms with Gasteiger partial charge in [0.15, 0.2) is 0 Å². The van der Waals surface area contributed by atoms with Gasteiger partial charge in [-0.05, 0) is 37.4 Å². The lowest BCUT2D eigenvalue weighted by molar-refractivity contribution is 0.607. The van der Waals surface area contributed by atoms with Crippen LogP contribution in [0.25, 0.3) is 11.0 Å². The van der Waals surface area contributed by atoms with E-state index in [1.165, 1.54) is 12.8 Å². The van der Waals surface area contributed by atoms with Crippen molar-refractivity contribution in [2.75, 3.05) is 6.54 Å². The predicted octanol–water partition coefficient (Wildman–Crippen LogP) is 2.73. The van der Waals surface area contributed by atoms with Gasteiger partial charge in [0.25, 0.3) is 0 Å². The number of imidazole rings is 1. The normalized spacial score (nSPS) is 15.6. The van der Waals surface area contributed by atoms with Crippen LogP contribution in [0.3, 0.4) is 0 Å². The number of hydrogen-bond acceptors (Lipinski definition) is 2. The monoisotopic (exact) mass is 249 g/mol. The molecule has 0 atom stereocenters. The fraction of sp³-hybridized carbons (Fsp3) is 0.462. The topological polar surface area (TPSA) is 29.9 Å². The molecule has 2 aromatic rings. The van der Waals surface area contributed by atoms with Gasteiger partial charge in [0.1, 0.15) is 5.82 Å². The standard InChI is InChI=1S/C13H16ClN3/c1-17-12(8-15-7-9-5-6-9)16-11-4-2-3-10(14)13(11)17/h2-4,9,15H,5-8H2,1H3. The number of aromatic nitrogens is 2. The van der Waals surface area contributed by atoms with Crippen molar-refractivity contribution in [3.05, 3.63) is 29.0 Å². The van der Waals surface area contributed by atoms with Gasteiger partial charge in [-0.2, -0.15) is 0 Å². The molecule has 0 aliphatic heterocycles. The van der Waals surface area contributed by atoms with E-state index in [1.54, 1.807) is 0 Å². The first-order valence-electron chi connectivity index (χ1n) is 6.06. The molecule has 1 aromatic carbocycles. The average molecular weight is 250 g/mol. The first-order valence-corrected chi connectivity index (χ1v) is 6.44. The molecule has 0 bridgehead atoms. The third kappa shape index (κ3) is 2.17. The highest BCUT2D eigenvalue weighted by atomic mass is 35.5. The van der Waals surface area contributed by atoms with E-state index < -0.39 is 0 Å². The summed E-state index contributed by atoms with van der Waals surface area (Å²) >= 11 is 6.19. The lowest BCUT2D eigenvalue weighted by Gasteiger charge is -2.04. The van der Waals surface area contributed by atoms with Crippen LogP contribution in [0.1, 0.15) is 18.7 Å². The van der Waals surface area contributed by atoms with Crippen molar-refractivity contribution in [2.45, 2.75) is 19.4 Å². The van der Waals surface area contributed by atoms with Crippen LogP contribution in [0.2, 0.25) is 5.02 Å². The Morgan fingerprint density at radius 2 is 2.29 bits per heavy atom. The summed E-state index contributed by atoms with van der Waals surface area (Å²) < 4.78 is 2.08. The zero-order valence-electron chi connectivity index (χ0n) is 9.91. The van der Waals surface area contributed by atoms with E-state index in [2.05, 4.69) is 14.9 Å². The van der Waals surface area contributed by atoms with E-state index >= 15 is 0 Å². The zero-order valence-corrected chi connectivity index (χ0v) is 10.7. The lowest BCUT2D eigenvalue weighted by Crippen LogP contribution is -2.18. The van der Waals surface area contributed by atoms with E-state index in [9.17, 15) is 0 Å². The van der Waals surface area contributed by atoms with Crippen molar-refractivity contribution in [3.8, 4) is 0 Å². The van der Waals surface area contributed by atoms with Gasteiger partial charge in [-0.15, -0.1) is 0 Å². The predicted molar refractivity (Wildman–Crippen MR) is 70.2 cm³/mol. The second kappa shape index (κ2) is 4.31. The third-order valence-corrected chi connectivity index (χ3v) is 3.66. The Hall–Kier alpha value is -1.06. The van der Waals surface area contributed by atoms with Crippen LogP contribution >= 0.6 is 11.6 Å². The molecular weight excluding hydrogens is 234 g/mol. The Balaban J connectivity index is 1.83. The summed E-state index contributed by atoms with van der Waals surface area (Å²) in [6, 6.07) is 5.86. The molecule has 1 fully saturated rings. The highest BCUT2D eigenvalue weighted by Crippen LogP contribution is 2.28. The molecule has 17 heavy (non-hydrogen) atoms. The van der Waals surface area contributed by atoms with Crippen molar-refractivity contribution in [1.82, 2.24) is 14.9 Å². The molecule has 4 heteroatoms. The van der Waals surface area contributed by atoms with Crippen LogP contribution < -0.4 is 5.32 Å². The molecular formula is C13H16ClN3. The maximum Gasteiger partial charge on any atom is 0.123 e. The molecule has 3 nitrogen and oxygen atoms in total. The summed E-state index contributed by atoms with van der Waals surface area (Å²) in [5.74, 6) is 1.95. The molecule has 1 saturated carbocycles. The molecule has 0 saturated heterocycles. The van der Waals surface area contributed by atoms with Gasteiger partial charge in [-0.1, -0.05) is 17.7 Å². The molecule has 1 aromatic heterocycles. The van der Waals surface area contributed by atoms with Gasteiger partial charge in [-0.3, -0.25) is 0 Å². The fourth-order valence-electron chi connectivity index (χ4n) is 2.14. The van der Waals surface area contributed by atoms with Crippen molar-refractivity contribution in [2.24, 2.45) is 13.0 Å². The number of rotatable bonds is 4. The second-order valence-electron chi connectivity index (χ2n) is 4.77. The minimum absolute atomic E-state index is 0.769. The quantitative estimate of drug-likeness (QED) is 0.903. The van der Waals surface area contributed by atoms with Crippen LogP contribution in [0.4, 0.5) is 0 Å². The number of hydrogen-bond donors (Lipinski definition) is 1. The molecule has 90 valence electrons. The fourth-order valence-corrected chi connectivity index (χ4v) is 2.43. The maximum atomic E-state index is 6.19. The minimum Gasteiger partial charge on any atom is -0.329 e. The lowest BCUT2D eigenvalue weighted by atomic mass is 10.3. The van der Waals surface area contributed by atoms with E-state index in [-0.39, 0.29) is 0 Å². The van der Waals surface area contributed by atoms with E-state index in [0.29, 0.717) is 0 Å². The summed E-state index contributed by atoms with van der Waals surface area (Å²) in [7, 11) is 2.02. The van der Waals surface area contributed by atoms with Gasteiger partial charge in [0, 0.05) is 7.05 Å². The number of para-hydroxylation sites is 1. The van der Waals surface area contributed by atoms with Crippen LogP contribution in [-0.4, -0.2) is 16.1 Å². The van der Waals surface area contributed by atoms with Crippen molar-refractivity contribution >= 4 is 22.6 Å². The van der Waals surface area contributed by atoms with Gasteiger partial charge in [0.2, 0.25) is 0 Å². The Morgan fingerprint density at radius 3 is 3.00 bits per heavy atom. The molecule has 0 unspecified atom stereocenters. The molecule has 0 amide bonds.